The molecule has 10 heavy (non-hydrogen) atoms. The second-order valence-electron chi connectivity index (χ2n) is 1.96. The third kappa shape index (κ3) is 5.53. The topological polar surface area (TPSA) is 55.8 Å². The summed E-state index contributed by atoms with van der Waals surface area (Å²) in [7, 11) is 1.55. The van der Waals surface area contributed by atoms with Gasteiger partial charge in [0.15, 0.2) is 0 Å². The van der Waals surface area contributed by atoms with Gasteiger partial charge in [-0.3, -0.25) is 0 Å². The minimum absolute atomic E-state index is 0.0423. The van der Waals surface area contributed by atoms with Crippen LogP contribution in [-0.4, -0.2) is 37.5 Å². The number of methoxy groups -OCH3 is 1. The van der Waals surface area contributed by atoms with Crippen molar-refractivity contribution < 1.29 is 19.4 Å². The van der Waals surface area contributed by atoms with E-state index in [2.05, 4.69) is 0 Å². The van der Waals surface area contributed by atoms with Crippen molar-refractivity contribution in [3.8, 4) is 0 Å². The highest BCUT2D eigenvalue weighted by molar-refractivity contribution is 5.67. The SMILES string of the molecule is COC(C)COCC(=O)O. The summed E-state index contributed by atoms with van der Waals surface area (Å²) in [4.78, 5) is 9.90. The van der Waals surface area contributed by atoms with Crippen LogP contribution >= 0.6 is 0 Å². The predicted molar refractivity (Wildman–Crippen MR) is 34.9 cm³/mol. The molecule has 0 fully saturated rings. The first kappa shape index (κ1) is 9.39. The number of carbonyl (C=O) groups is 1. The normalized spacial score (nSPS) is 13.0. The van der Waals surface area contributed by atoms with Crippen LogP contribution in [0.1, 0.15) is 6.92 Å². The molecule has 1 unspecified atom stereocenters. The molecule has 0 aliphatic carbocycles. The Bertz CT molecular complexity index is 102. The van der Waals surface area contributed by atoms with Crippen molar-refractivity contribution in [1.82, 2.24) is 0 Å². The summed E-state index contributed by atoms with van der Waals surface area (Å²) < 4.78 is 9.54. The first-order valence-corrected chi connectivity index (χ1v) is 2.99. The quantitative estimate of drug-likeness (QED) is 0.601. The molecule has 0 aromatic rings. The molecule has 0 heterocycles. The highest BCUT2D eigenvalue weighted by atomic mass is 16.5. The summed E-state index contributed by atoms with van der Waals surface area (Å²) in [6.07, 6.45) is -0.0423. The molecule has 0 spiro atoms. The lowest BCUT2D eigenvalue weighted by atomic mass is 10.4. The van der Waals surface area contributed by atoms with E-state index in [4.69, 9.17) is 14.6 Å². The lowest BCUT2D eigenvalue weighted by Crippen LogP contribution is -2.17. The highest BCUT2D eigenvalue weighted by Crippen LogP contribution is 1.87. The molecule has 4 nitrogen and oxygen atoms in total. The van der Waals surface area contributed by atoms with Gasteiger partial charge in [0, 0.05) is 7.11 Å². The van der Waals surface area contributed by atoms with E-state index >= 15 is 0 Å². The zero-order chi connectivity index (χ0) is 7.98. The summed E-state index contributed by atoms with van der Waals surface area (Å²) in [6, 6.07) is 0. The van der Waals surface area contributed by atoms with Crippen molar-refractivity contribution in [3.05, 3.63) is 0 Å². The Labute approximate surface area is 59.7 Å². The van der Waals surface area contributed by atoms with Crippen LogP contribution in [0.25, 0.3) is 0 Å². The summed E-state index contributed by atoms with van der Waals surface area (Å²) in [6.45, 7) is 1.87. The van der Waals surface area contributed by atoms with Crippen molar-refractivity contribution in [2.75, 3.05) is 20.3 Å². The molecule has 0 amide bonds. The number of hydrogen-bond acceptors (Lipinski definition) is 3. The molecule has 0 saturated carbocycles. The summed E-state index contributed by atoms with van der Waals surface area (Å²) in [5.41, 5.74) is 0. The zero-order valence-electron chi connectivity index (χ0n) is 6.16. The number of carboxylic acid groups (broad SMARTS) is 1. The van der Waals surface area contributed by atoms with Gasteiger partial charge in [0.1, 0.15) is 6.61 Å². The van der Waals surface area contributed by atoms with Gasteiger partial charge in [-0.15, -0.1) is 0 Å². The average Bonchev–Trinajstić information content (AvgIpc) is 1.87. The van der Waals surface area contributed by atoms with Crippen molar-refractivity contribution in [1.29, 1.82) is 0 Å². The summed E-state index contributed by atoms with van der Waals surface area (Å²) >= 11 is 0. The number of carboxylic acids is 1. The van der Waals surface area contributed by atoms with Crippen LogP contribution in [0.5, 0.6) is 0 Å². The van der Waals surface area contributed by atoms with E-state index in [1.165, 1.54) is 0 Å². The Morgan fingerprint density at radius 2 is 2.30 bits per heavy atom. The van der Waals surface area contributed by atoms with Gasteiger partial charge in [-0.2, -0.15) is 0 Å². The molecule has 1 atom stereocenters. The van der Waals surface area contributed by atoms with Crippen LogP contribution in [0.3, 0.4) is 0 Å². The average molecular weight is 148 g/mol. The maximum Gasteiger partial charge on any atom is 0.329 e. The molecule has 4 heteroatoms. The van der Waals surface area contributed by atoms with Crippen LogP contribution in [-0.2, 0) is 14.3 Å². The van der Waals surface area contributed by atoms with E-state index in [1.54, 1.807) is 7.11 Å². The van der Waals surface area contributed by atoms with Gasteiger partial charge < -0.3 is 14.6 Å². The molecule has 0 saturated heterocycles. The van der Waals surface area contributed by atoms with Gasteiger partial charge in [0.2, 0.25) is 0 Å². The predicted octanol–water partition coefficient (Wildman–Crippen LogP) is 0.122. The molecular formula is C6H12O4. The van der Waals surface area contributed by atoms with Crippen molar-refractivity contribution >= 4 is 5.97 Å². The molecule has 0 aliphatic heterocycles. The van der Waals surface area contributed by atoms with E-state index in [1.807, 2.05) is 6.92 Å². The Balaban J connectivity index is 3.11. The fraction of sp³-hybridized carbons (Fsp3) is 0.833. The molecule has 0 aliphatic rings. The summed E-state index contributed by atoms with van der Waals surface area (Å²) in [5, 5.41) is 8.13. The smallest absolute Gasteiger partial charge is 0.329 e. The Morgan fingerprint density at radius 1 is 1.70 bits per heavy atom. The van der Waals surface area contributed by atoms with Crippen LogP contribution in [0, 0.1) is 0 Å². The van der Waals surface area contributed by atoms with Crippen LogP contribution < -0.4 is 0 Å². The third-order valence-corrected chi connectivity index (χ3v) is 0.980. The number of hydrogen-bond donors (Lipinski definition) is 1. The molecule has 0 aromatic heterocycles. The van der Waals surface area contributed by atoms with Gasteiger partial charge in [-0.1, -0.05) is 0 Å². The number of aliphatic carboxylic acids is 1. The van der Waals surface area contributed by atoms with E-state index in [9.17, 15) is 4.79 Å². The van der Waals surface area contributed by atoms with Gasteiger partial charge in [0.05, 0.1) is 12.7 Å². The molecule has 0 aromatic carbocycles. The van der Waals surface area contributed by atoms with Crippen LogP contribution in [0.2, 0.25) is 0 Å². The fourth-order valence-electron chi connectivity index (χ4n) is 0.380. The Hall–Kier alpha value is -0.610. The number of rotatable bonds is 5. The highest BCUT2D eigenvalue weighted by Gasteiger charge is 2.00. The van der Waals surface area contributed by atoms with Crippen molar-refractivity contribution in [2.24, 2.45) is 0 Å². The molecule has 1 N–H and O–H groups in total. The van der Waals surface area contributed by atoms with Gasteiger partial charge in [-0.25, -0.2) is 4.79 Å². The van der Waals surface area contributed by atoms with Gasteiger partial charge in [-0.05, 0) is 6.92 Å². The lowest BCUT2D eigenvalue weighted by molar-refractivity contribution is -0.143. The maximum atomic E-state index is 9.90. The largest absolute Gasteiger partial charge is 0.480 e. The van der Waals surface area contributed by atoms with Crippen molar-refractivity contribution in [2.45, 2.75) is 13.0 Å². The third-order valence-electron chi connectivity index (χ3n) is 0.980. The first-order valence-electron chi connectivity index (χ1n) is 2.99. The minimum atomic E-state index is -0.955. The molecule has 0 radical (unpaired) electrons. The van der Waals surface area contributed by atoms with E-state index in [0.29, 0.717) is 6.61 Å². The molecule has 0 bridgehead atoms. The first-order chi connectivity index (χ1) is 4.66. The second-order valence-corrected chi connectivity index (χ2v) is 1.96. The van der Waals surface area contributed by atoms with Gasteiger partial charge in [0.25, 0.3) is 0 Å². The van der Waals surface area contributed by atoms with Crippen molar-refractivity contribution in [3.63, 3.8) is 0 Å². The summed E-state index contributed by atoms with van der Waals surface area (Å²) in [5.74, 6) is -0.955. The van der Waals surface area contributed by atoms with Crippen LogP contribution in [0.4, 0.5) is 0 Å². The molecular weight excluding hydrogens is 136 g/mol. The van der Waals surface area contributed by atoms with E-state index < -0.39 is 5.97 Å². The van der Waals surface area contributed by atoms with E-state index in [-0.39, 0.29) is 12.7 Å². The molecule has 0 rings (SSSR count). The fourth-order valence-corrected chi connectivity index (χ4v) is 0.380. The second kappa shape index (κ2) is 5.20. The van der Waals surface area contributed by atoms with Gasteiger partial charge >= 0.3 is 5.97 Å². The minimum Gasteiger partial charge on any atom is -0.480 e. The Kier molecular flexibility index (Phi) is 4.88. The zero-order valence-corrected chi connectivity index (χ0v) is 6.16. The Morgan fingerprint density at radius 3 is 2.70 bits per heavy atom. The van der Waals surface area contributed by atoms with E-state index in [0.717, 1.165) is 0 Å². The standard InChI is InChI=1S/C6H12O4/c1-5(9-2)3-10-4-6(7)8/h5H,3-4H2,1-2H3,(H,7,8). The molecule has 60 valence electrons. The number of ether oxygens (including phenoxy) is 2. The maximum absolute atomic E-state index is 9.90. The lowest BCUT2D eigenvalue weighted by Gasteiger charge is -2.07. The monoisotopic (exact) mass is 148 g/mol. The van der Waals surface area contributed by atoms with Crippen LogP contribution in [0.15, 0.2) is 0 Å².